The maximum atomic E-state index is 10.4. The molecule has 0 amide bonds. The highest BCUT2D eigenvalue weighted by atomic mass is 16.6. The van der Waals surface area contributed by atoms with E-state index in [0.717, 1.165) is 11.1 Å². The van der Waals surface area contributed by atoms with Crippen LogP contribution in [-0.2, 0) is 10.8 Å². The fourth-order valence-corrected chi connectivity index (χ4v) is 1.91. The molecule has 102 valence electrons. The summed E-state index contributed by atoms with van der Waals surface area (Å²) in [7, 11) is 0. The second-order valence-corrected chi connectivity index (χ2v) is 6.64. The van der Waals surface area contributed by atoms with Gasteiger partial charge in [0.2, 0.25) is 0 Å². The summed E-state index contributed by atoms with van der Waals surface area (Å²) in [5.74, 6) is 0.908. The molecule has 1 rings (SSSR count). The van der Waals surface area contributed by atoms with Gasteiger partial charge in [-0.25, -0.2) is 0 Å². The van der Waals surface area contributed by atoms with Crippen molar-refractivity contribution >= 4 is 0 Å². The molecule has 2 N–H and O–H groups in total. The van der Waals surface area contributed by atoms with E-state index < -0.39 is 0 Å². The molecule has 0 aliphatic heterocycles. The van der Waals surface area contributed by atoms with Crippen molar-refractivity contribution < 1.29 is 14.9 Å². The monoisotopic (exact) mass is 252 g/mol. The fourth-order valence-electron chi connectivity index (χ4n) is 1.91. The van der Waals surface area contributed by atoms with Crippen LogP contribution >= 0.6 is 0 Å². The number of phenols is 1. The first-order valence-corrected chi connectivity index (χ1v) is 6.19. The van der Waals surface area contributed by atoms with Crippen LogP contribution in [0.25, 0.3) is 0 Å². The predicted molar refractivity (Wildman–Crippen MR) is 73.2 cm³/mol. The third-order valence-corrected chi connectivity index (χ3v) is 2.93. The quantitative estimate of drug-likeness (QED) is 0.794. The van der Waals surface area contributed by atoms with E-state index in [1.54, 1.807) is 12.1 Å². The molecule has 0 unspecified atom stereocenters. The van der Waals surface area contributed by atoms with E-state index in [2.05, 4.69) is 0 Å². The molecule has 0 saturated heterocycles. The van der Waals surface area contributed by atoms with Crippen LogP contribution in [-0.4, -0.2) is 17.0 Å². The predicted octanol–water partition coefficient (Wildman–Crippen LogP) is 3.32. The van der Waals surface area contributed by atoms with Crippen LogP contribution in [0.5, 0.6) is 11.5 Å². The van der Waals surface area contributed by atoms with Crippen LogP contribution in [0.4, 0.5) is 0 Å². The van der Waals surface area contributed by atoms with Gasteiger partial charge in [-0.2, -0.15) is 0 Å². The van der Waals surface area contributed by atoms with Gasteiger partial charge >= 0.3 is 0 Å². The van der Waals surface area contributed by atoms with Gasteiger partial charge in [-0.1, -0.05) is 41.5 Å². The minimum absolute atomic E-state index is 0.182. The number of aliphatic hydroxyl groups excluding tert-OH is 1. The number of hydrogen-bond donors (Lipinski definition) is 2. The molecular formula is C15H24O3. The maximum absolute atomic E-state index is 10.4. The zero-order valence-electron chi connectivity index (χ0n) is 12.2. The van der Waals surface area contributed by atoms with Crippen molar-refractivity contribution in [3.8, 4) is 11.5 Å². The molecule has 0 saturated carbocycles. The summed E-state index contributed by atoms with van der Waals surface area (Å²) in [5, 5.41) is 19.3. The summed E-state index contributed by atoms with van der Waals surface area (Å²) in [4.78, 5) is 0. The summed E-state index contributed by atoms with van der Waals surface area (Å²) in [6.45, 7) is 11.9. The Morgan fingerprint density at radius 2 is 1.33 bits per heavy atom. The Kier molecular flexibility index (Phi) is 3.96. The first-order chi connectivity index (χ1) is 8.07. The minimum Gasteiger partial charge on any atom is -0.507 e. The largest absolute Gasteiger partial charge is 0.507 e. The molecule has 1 aromatic carbocycles. The van der Waals surface area contributed by atoms with Crippen molar-refractivity contribution in [1.82, 2.24) is 0 Å². The Labute approximate surface area is 109 Å². The van der Waals surface area contributed by atoms with Gasteiger partial charge in [0, 0.05) is 11.1 Å². The summed E-state index contributed by atoms with van der Waals surface area (Å²) in [5.41, 5.74) is 1.30. The van der Waals surface area contributed by atoms with E-state index in [4.69, 9.17) is 9.84 Å². The first-order valence-electron chi connectivity index (χ1n) is 6.19. The van der Waals surface area contributed by atoms with Crippen LogP contribution in [0.2, 0.25) is 0 Å². The van der Waals surface area contributed by atoms with Crippen LogP contribution in [0.15, 0.2) is 12.1 Å². The molecular weight excluding hydrogens is 228 g/mol. The van der Waals surface area contributed by atoms with E-state index in [9.17, 15) is 5.11 Å². The number of benzene rings is 1. The van der Waals surface area contributed by atoms with Gasteiger partial charge in [-0.3, -0.25) is 0 Å². The highest BCUT2D eigenvalue weighted by molar-refractivity contribution is 5.51. The average molecular weight is 252 g/mol. The third kappa shape index (κ3) is 3.16. The number of aromatic hydroxyl groups is 1. The summed E-state index contributed by atoms with van der Waals surface area (Å²) < 4.78 is 5.18. The SMILES string of the molecule is CC(C)(C)c1cc(OCO)cc(C(C)(C)C)c1O. The highest BCUT2D eigenvalue weighted by Gasteiger charge is 2.26. The Morgan fingerprint density at radius 1 is 0.944 bits per heavy atom. The normalized spacial score (nSPS) is 12.6. The lowest BCUT2D eigenvalue weighted by atomic mass is 9.79. The number of phenolic OH excluding ortho intramolecular Hbond substituents is 1. The molecule has 0 radical (unpaired) electrons. The van der Waals surface area contributed by atoms with E-state index >= 15 is 0 Å². The molecule has 0 atom stereocenters. The van der Waals surface area contributed by atoms with Gasteiger partial charge in [0.25, 0.3) is 0 Å². The van der Waals surface area contributed by atoms with Gasteiger partial charge in [0.15, 0.2) is 6.79 Å². The Balaban J connectivity index is 3.48. The number of aliphatic hydroxyl groups is 1. The average Bonchev–Trinajstić information content (AvgIpc) is 2.17. The Bertz CT molecular complexity index is 387. The van der Waals surface area contributed by atoms with Gasteiger partial charge in [0.05, 0.1) is 0 Å². The molecule has 0 bridgehead atoms. The molecule has 0 heterocycles. The van der Waals surface area contributed by atoms with Gasteiger partial charge in [0.1, 0.15) is 11.5 Å². The van der Waals surface area contributed by atoms with Crippen LogP contribution in [0.3, 0.4) is 0 Å². The molecule has 3 heteroatoms. The molecule has 0 aromatic heterocycles. The molecule has 0 aliphatic rings. The minimum atomic E-state index is -0.363. The Hall–Kier alpha value is -1.22. The Morgan fingerprint density at radius 3 is 1.61 bits per heavy atom. The lowest BCUT2D eigenvalue weighted by molar-refractivity contribution is 0.0981. The lowest BCUT2D eigenvalue weighted by Gasteiger charge is -2.27. The van der Waals surface area contributed by atoms with E-state index in [1.165, 1.54) is 0 Å². The third-order valence-electron chi connectivity index (χ3n) is 2.93. The standard InChI is InChI=1S/C15H24O3/c1-14(2,3)11-7-10(18-9-16)8-12(13(11)17)15(4,5)6/h7-8,16-17H,9H2,1-6H3. The number of ether oxygens (including phenoxy) is 1. The van der Waals surface area contributed by atoms with Crippen molar-refractivity contribution in [2.75, 3.05) is 6.79 Å². The first kappa shape index (κ1) is 14.8. The highest BCUT2D eigenvalue weighted by Crippen LogP contribution is 2.41. The molecule has 1 aromatic rings. The van der Waals surface area contributed by atoms with Crippen molar-refractivity contribution in [2.24, 2.45) is 0 Å². The summed E-state index contributed by atoms with van der Waals surface area (Å²) in [6, 6.07) is 3.58. The number of hydrogen-bond acceptors (Lipinski definition) is 3. The van der Waals surface area contributed by atoms with Crippen molar-refractivity contribution in [1.29, 1.82) is 0 Å². The smallest absolute Gasteiger partial charge is 0.186 e. The molecule has 3 nitrogen and oxygen atoms in total. The van der Waals surface area contributed by atoms with E-state index in [-0.39, 0.29) is 17.6 Å². The second-order valence-electron chi connectivity index (χ2n) is 6.64. The van der Waals surface area contributed by atoms with Gasteiger partial charge in [-0.05, 0) is 23.0 Å². The zero-order valence-corrected chi connectivity index (χ0v) is 12.2. The molecule has 0 spiro atoms. The van der Waals surface area contributed by atoms with Gasteiger partial charge < -0.3 is 14.9 Å². The van der Waals surface area contributed by atoms with Crippen molar-refractivity contribution in [3.05, 3.63) is 23.3 Å². The molecule has 18 heavy (non-hydrogen) atoms. The van der Waals surface area contributed by atoms with E-state index in [1.807, 2.05) is 41.5 Å². The lowest BCUT2D eigenvalue weighted by Crippen LogP contribution is -2.17. The van der Waals surface area contributed by atoms with Crippen LogP contribution in [0, 0.1) is 0 Å². The summed E-state index contributed by atoms with van der Waals surface area (Å²) in [6.07, 6.45) is 0. The zero-order chi connectivity index (χ0) is 14.1. The van der Waals surface area contributed by atoms with Crippen LogP contribution in [0.1, 0.15) is 52.7 Å². The maximum Gasteiger partial charge on any atom is 0.186 e. The topological polar surface area (TPSA) is 49.7 Å². The summed E-state index contributed by atoms with van der Waals surface area (Å²) >= 11 is 0. The van der Waals surface area contributed by atoms with E-state index in [0.29, 0.717) is 11.5 Å². The van der Waals surface area contributed by atoms with Crippen molar-refractivity contribution in [2.45, 2.75) is 52.4 Å². The molecule has 0 fully saturated rings. The second kappa shape index (κ2) is 4.81. The van der Waals surface area contributed by atoms with Gasteiger partial charge in [-0.15, -0.1) is 0 Å². The van der Waals surface area contributed by atoms with Crippen LogP contribution < -0.4 is 4.74 Å². The van der Waals surface area contributed by atoms with Crippen molar-refractivity contribution in [3.63, 3.8) is 0 Å². The molecule has 0 aliphatic carbocycles. The fraction of sp³-hybridized carbons (Fsp3) is 0.600. The number of rotatable bonds is 2.